The van der Waals surface area contributed by atoms with Crippen LogP contribution in [-0.2, 0) is 16.6 Å². The number of rotatable bonds is 4. The predicted octanol–water partition coefficient (Wildman–Crippen LogP) is 2.11. The summed E-state index contributed by atoms with van der Waals surface area (Å²) in [5.74, 6) is 0.165. The molecule has 0 saturated carbocycles. The average Bonchev–Trinajstić information content (AvgIpc) is 2.96. The lowest BCUT2D eigenvalue weighted by Crippen LogP contribution is -2.06. The van der Waals surface area contributed by atoms with Gasteiger partial charge in [0, 0.05) is 4.90 Å². The Hall–Kier alpha value is -2.41. The molecule has 106 valence electrons. The first-order valence-corrected chi connectivity index (χ1v) is 7.52. The number of halogens is 1. The van der Waals surface area contributed by atoms with Crippen molar-refractivity contribution in [1.82, 2.24) is 20.2 Å². The summed E-state index contributed by atoms with van der Waals surface area (Å²) in [7, 11) is -1.41. The van der Waals surface area contributed by atoms with Gasteiger partial charge in [-0.25, -0.2) is 4.39 Å². The third kappa shape index (κ3) is 3.03. The van der Waals surface area contributed by atoms with Gasteiger partial charge < -0.3 is 0 Å². The van der Waals surface area contributed by atoms with Crippen molar-refractivity contribution >= 4 is 10.8 Å². The first kappa shape index (κ1) is 13.6. The normalized spacial score (nSPS) is 12.2. The van der Waals surface area contributed by atoms with E-state index in [1.54, 1.807) is 6.07 Å². The first-order chi connectivity index (χ1) is 10.2. The fraction of sp³-hybridized carbons (Fsp3) is 0.0714. The summed E-state index contributed by atoms with van der Waals surface area (Å²) in [4.78, 5) is 0.414. The summed E-state index contributed by atoms with van der Waals surface area (Å²) in [6.07, 6.45) is 0. The minimum atomic E-state index is -1.41. The van der Waals surface area contributed by atoms with Crippen molar-refractivity contribution in [3.63, 3.8) is 0 Å². The fourth-order valence-corrected chi connectivity index (χ4v) is 2.93. The van der Waals surface area contributed by atoms with Gasteiger partial charge in [0.25, 0.3) is 0 Å². The SMILES string of the molecule is O=S(Cc1nnnn1-c1ccccc1)c1cccc(F)c1. The molecule has 0 bridgehead atoms. The second kappa shape index (κ2) is 5.92. The highest BCUT2D eigenvalue weighted by atomic mass is 32.2. The molecular weight excluding hydrogens is 291 g/mol. The van der Waals surface area contributed by atoms with Crippen LogP contribution in [0.25, 0.3) is 5.69 Å². The van der Waals surface area contributed by atoms with Gasteiger partial charge in [0.05, 0.1) is 22.2 Å². The number of benzene rings is 2. The molecule has 2 aromatic carbocycles. The van der Waals surface area contributed by atoms with Gasteiger partial charge in [-0.1, -0.05) is 24.3 Å². The predicted molar refractivity (Wildman–Crippen MR) is 75.7 cm³/mol. The zero-order valence-electron chi connectivity index (χ0n) is 10.9. The number of hydrogen-bond acceptors (Lipinski definition) is 4. The first-order valence-electron chi connectivity index (χ1n) is 6.20. The third-order valence-electron chi connectivity index (χ3n) is 2.85. The van der Waals surface area contributed by atoms with E-state index in [2.05, 4.69) is 15.5 Å². The van der Waals surface area contributed by atoms with E-state index in [0.29, 0.717) is 10.7 Å². The van der Waals surface area contributed by atoms with E-state index < -0.39 is 16.6 Å². The Kier molecular flexibility index (Phi) is 3.83. The zero-order valence-corrected chi connectivity index (χ0v) is 11.7. The Balaban J connectivity index is 1.87. The van der Waals surface area contributed by atoms with Crippen molar-refractivity contribution in [1.29, 1.82) is 0 Å². The van der Waals surface area contributed by atoms with Gasteiger partial charge in [-0.05, 0) is 40.8 Å². The molecule has 0 amide bonds. The van der Waals surface area contributed by atoms with Crippen LogP contribution in [0.1, 0.15) is 5.82 Å². The zero-order chi connectivity index (χ0) is 14.7. The van der Waals surface area contributed by atoms with Crippen molar-refractivity contribution in [2.75, 3.05) is 0 Å². The lowest BCUT2D eigenvalue weighted by Gasteiger charge is -2.04. The summed E-state index contributed by atoms with van der Waals surface area (Å²) in [6, 6.07) is 15.0. The van der Waals surface area contributed by atoms with Gasteiger partial charge in [-0.2, -0.15) is 4.68 Å². The molecule has 3 rings (SSSR count). The van der Waals surface area contributed by atoms with Crippen molar-refractivity contribution in [2.24, 2.45) is 0 Å². The number of aromatic nitrogens is 4. The summed E-state index contributed by atoms with van der Waals surface area (Å²) in [5, 5.41) is 11.4. The largest absolute Gasteiger partial charge is 0.254 e. The molecule has 0 saturated heterocycles. The topological polar surface area (TPSA) is 60.7 Å². The van der Waals surface area contributed by atoms with Crippen LogP contribution in [0.2, 0.25) is 0 Å². The summed E-state index contributed by atoms with van der Waals surface area (Å²) >= 11 is 0. The quantitative estimate of drug-likeness (QED) is 0.740. The van der Waals surface area contributed by atoms with E-state index in [9.17, 15) is 8.60 Å². The number of hydrogen-bond donors (Lipinski definition) is 0. The third-order valence-corrected chi connectivity index (χ3v) is 4.15. The Bertz CT molecular complexity index is 775. The van der Waals surface area contributed by atoms with Gasteiger partial charge in [0.15, 0.2) is 5.82 Å². The summed E-state index contributed by atoms with van der Waals surface area (Å²) in [6.45, 7) is 0. The van der Waals surface area contributed by atoms with Crippen molar-refractivity contribution < 1.29 is 8.60 Å². The van der Waals surface area contributed by atoms with Gasteiger partial charge in [-0.15, -0.1) is 5.10 Å². The van der Waals surface area contributed by atoms with Crippen molar-refractivity contribution in [3.05, 3.63) is 66.2 Å². The molecule has 1 unspecified atom stereocenters. The van der Waals surface area contributed by atoms with Crippen LogP contribution in [0, 0.1) is 5.82 Å². The molecule has 5 nitrogen and oxygen atoms in total. The molecule has 0 N–H and O–H groups in total. The van der Waals surface area contributed by atoms with Crippen LogP contribution >= 0.6 is 0 Å². The van der Waals surface area contributed by atoms with Crippen LogP contribution in [0.3, 0.4) is 0 Å². The Labute approximate surface area is 122 Å². The fourth-order valence-electron chi connectivity index (χ4n) is 1.87. The molecule has 1 aromatic heterocycles. The van der Waals surface area contributed by atoms with E-state index in [1.165, 1.54) is 22.9 Å². The molecule has 3 aromatic rings. The molecule has 7 heteroatoms. The second-order valence-corrected chi connectivity index (χ2v) is 5.74. The molecule has 0 fully saturated rings. The van der Waals surface area contributed by atoms with Gasteiger partial charge in [-0.3, -0.25) is 4.21 Å². The van der Waals surface area contributed by atoms with Crippen LogP contribution in [0.5, 0.6) is 0 Å². The van der Waals surface area contributed by atoms with Crippen LogP contribution in [0.15, 0.2) is 59.5 Å². The summed E-state index contributed by atoms with van der Waals surface area (Å²) in [5.41, 5.74) is 0.786. The molecule has 0 aliphatic heterocycles. The van der Waals surface area contributed by atoms with Gasteiger partial charge in [0.1, 0.15) is 5.82 Å². The van der Waals surface area contributed by atoms with Crippen LogP contribution in [0.4, 0.5) is 4.39 Å². The molecule has 1 heterocycles. The van der Waals surface area contributed by atoms with Crippen molar-refractivity contribution in [3.8, 4) is 5.69 Å². The van der Waals surface area contributed by atoms with Crippen molar-refractivity contribution in [2.45, 2.75) is 10.6 Å². The molecule has 1 atom stereocenters. The molecule has 21 heavy (non-hydrogen) atoms. The minimum Gasteiger partial charge on any atom is -0.254 e. The standard InChI is InChI=1S/C14H11FN4OS/c15-11-5-4-8-13(9-11)21(20)10-14-16-17-18-19(14)12-6-2-1-3-7-12/h1-9H,10H2. The van der Waals surface area contributed by atoms with E-state index in [0.717, 1.165) is 5.69 Å². The number of tetrazole rings is 1. The van der Waals surface area contributed by atoms with Crippen LogP contribution < -0.4 is 0 Å². The molecule has 0 spiro atoms. The maximum absolute atomic E-state index is 13.2. The lowest BCUT2D eigenvalue weighted by atomic mass is 10.3. The Morgan fingerprint density at radius 3 is 2.67 bits per heavy atom. The average molecular weight is 302 g/mol. The van der Waals surface area contributed by atoms with Crippen LogP contribution in [-0.4, -0.2) is 24.4 Å². The highest BCUT2D eigenvalue weighted by Crippen LogP contribution is 2.14. The highest BCUT2D eigenvalue weighted by Gasteiger charge is 2.13. The Morgan fingerprint density at radius 1 is 1.10 bits per heavy atom. The van der Waals surface area contributed by atoms with E-state index in [4.69, 9.17) is 0 Å². The highest BCUT2D eigenvalue weighted by molar-refractivity contribution is 7.84. The molecular formula is C14H11FN4OS. The van der Waals surface area contributed by atoms with E-state index in [1.807, 2.05) is 30.3 Å². The second-order valence-electron chi connectivity index (χ2n) is 4.29. The minimum absolute atomic E-state index is 0.116. The van der Waals surface area contributed by atoms with Gasteiger partial charge in [0.2, 0.25) is 0 Å². The smallest absolute Gasteiger partial charge is 0.169 e. The molecule has 0 aliphatic carbocycles. The van der Waals surface area contributed by atoms with Gasteiger partial charge >= 0.3 is 0 Å². The molecule has 0 aliphatic rings. The summed E-state index contributed by atoms with van der Waals surface area (Å²) < 4.78 is 27.0. The van der Waals surface area contributed by atoms with E-state index >= 15 is 0 Å². The Morgan fingerprint density at radius 2 is 1.90 bits per heavy atom. The van der Waals surface area contributed by atoms with E-state index in [-0.39, 0.29) is 5.75 Å². The monoisotopic (exact) mass is 302 g/mol. The number of nitrogens with zero attached hydrogens (tertiary/aromatic N) is 4. The molecule has 0 radical (unpaired) electrons. The number of para-hydroxylation sites is 1. The maximum atomic E-state index is 13.2. The lowest BCUT2D eigenvalue weighted by molar-refractivity contribution is 0.622. The maximum Gasteiger partial charge on any atom is 0.169 e.